The molecule has 3 heteroatoms. The number of nitrogens with zero attached hydrogens (tertiary/aromatic N) is 1. The molecule has 15 heavy (non-hydrogen) atoms. The summed E-state index contributed by atoms with van der Waals surface area (Å²) in [6, 6.07) is 5.78. The van der Waals surface area contributed by atoms with E-state index in [0.29, 0.717) is 11.8 Å². The van der Waals surface area contributed by atoms with Gasteiger partial charge in [0, 0.05) is 11.4 Å². The van der Waals surface area contributed by atoms with E-state index in [1.807, 2.05) is 18.2 Å². The van der Waals surface area contributed by atoms with Crippen LogP contribution in [0.5, 0.6) is 5.88 Å². The van der Waals surface area contributed by atoms with E-state index >= 15 is 0 Å². The molecule has 0 saturated heterocycles. The largest absolute Gasteiger partial charge is 0.481 e. The van der Waals surface area contributed by atoms with Crippen molar-refractivity contribution in [1.29, 1.82) is 0 Å². The zero-order chi connectivity index (χ0) is 11.3. The molecule has 1 aromatic rings. The number of pyridine rings is 1. The molecule has 0 amide bonds. The van der Waals surface area contributed by atoms with E-state index in [1.54, 1.807) is 7.11 Å². The quantitative estimate of drug-likeness (QED) is 0.781. The first kappa shape index (κ1) is 12.2. The third kappa shape index (κ3) is 3.67. The van der Waals surface area contributed by atoms with Gasteiger partial charge in [-0.3, -0.25) is 0 Å². The van der Waals surface area contributed by atoms with Crippen molar-refractivity contribution in [3.63, 3.8) is 0 Å². The minimum absolute atomic E-state index is 0.525. The minimum atomic E-state index is 0.525. The van der Waals surface area contributed by atoms with Crippen LogP contribution in [0.15, 0.2) is 23.8 Å². The van der Waals surface area contributed by atoms with Crippen molar-refractivity contribution >= 4 is 22.0 Å². The van der Waals surface area contributed by atoms with Crippen LogP contribution in [0, 0.1) is 5.92 Å². The number of allylic oxidation sites excluding steroid dienone is 1. The number of rotatable bonds is 4. The van der Waals surface area contributed by atoms with Crippen molar-refractivity contribution in [2.75, 3.05) is 12.4 Å². The summed E-state index contributed by atoms with van der Waals surface area (Å²) in [7, 11) is 1.63. The van der Waals surface area contributed by atoms with Gasteiger partial charge in [0.05, 0.1) is 12.8 Å². The molecule has 0 N–H and O–H groups in total. The lowest BCUT2D eigenvalue weighted by molar-refractivity contribution is 0.397. The monoisotopic (exact) mass is 269 g/mol. The highest BCUT2D eigenvalue weighted by molar-refractivity contribution is 9.09. The lowest BCUT2D eigenvalue weighted by atomic mass is 10.0. The molecule has 0 bridgehead atoms. The van der Waals surface area contributed by atoms with E-state index in [-0.39, 0.29) is 0 Å². The molecule has 82 valence electrons. The van der Waals surface area contributed by atoms with Crippen LogP contribution < -0.4 is 4.74 Å². The first-order valence-electron chi connectivity index (χ1n) is 4.95. The van der Waals surface area contributed by atoms with Gasteiger partial charge in [-0.2, -0.15) is 0 Å². The normalized spacial score (nSPS) is 11.9. The Morgan fingerprint density at radius 3 is 2.80 bits per heavy atom. The number of hydrogen-bond donors (Lipinski definition) is 0. The molecular weight excluding hydrogens is 254 g/mol. The van der Waals surface area contributed by atoms with Gasteiger partial charge in [-0.15, -0.1) is 0 Å². The van der Waals surface area contributed by atoms with Gasteiger partial charge in [-0.05, 0) is 18.1 Å². The Bertz CT molecular complexity index is 347. The van der Waals surface area contributed by atoms with Crippen molar-refractivity contribution in [3.8, 4) is 5.88 Å². The van der Waals surface area contributed by atoms with E-state index in [2.05, 4.69) is 40.8 Å². The Balaban J connectivity index is 2.95. The lowest BCUT2D eigenvalue weighted by Crippen LogP contribution is -1.96. The molecule has 2 nitrogen and oxygen atoms in total. The van der Waals surface area contributed by atoms with E-state index in [0.717, 1.165) is 11.0 Å². The second-order valence-electron chi connectivity index (χ2n) is 3.61. The van der Waals surface area contributed by atoms with Gasteiger partial charge in [-0.1, -0.05) is 41.4 Å². The van der Waals surface area contributed by atoms with Gasteiger partial charge in [0.2, 0.25) is 5.88 Å². The van der Waals surface area contributed by atoms with Crippen molar-refractivity contribution in [2.24, 2.45) is 5.92 Å². The zero-order valence-electron chi connectivity index (χ0n) is 9.33. The lowest BCUT2D eigenvalue weighted by Gasteiger charge is -2.07. The summed E-state index contributed by atoms with van der Waals surface area (Å²) in [5.41, 5.74) is 2.27. The van der Waals surface area contributed by atoms with Crippen LogP contribution in [0.25, 0.3) is 6.08 Å². The predicted octanol–water partition coefficient (Wildman–Crippen LogP) is 3.52. The summed E-state index contributed by atoms with van der Waals surface area (Å²) < 4.78 is 5.08. The highest BCUT2D eigenvalue weighted by atomic mass is 79.9. The van der Waals surface area contributed by atoms with Crippen molar-refractivity contribution < 1.29 is 4.74 Å². The van der Waals surface area contributed by atoms with E-state index in [1.165, 1.54) is 5.57 Å². The van der Waals surface area contributed by atoms with Crippen LogP contribution in [0.3, 0.4) is 0 Å². The maximum absolute atomic E-state index is 5.08. The second-order valence-corrected chi connectivity index (χ2v) is 4.17. The van der Waals surface area contributed by atoms with Gasteiger partial charge in [0.1, 0.15) is 0 Å². The van der Waals surface area contributed by atoms with E-state index in [9.17, 15) is 0 Å². The Hall–Kier alpha value is -0.830. The van der Waals surface area contributed by atoms with Crippen LogP contribution in [-0.4, -0.2) is 17.4 Å². The molecule has 0 radical (unpaired) electrons. The minimum Gasteiger partial charge on any atom is -0.481 e. The summed E-state index contributed by atoms with van der Waals surface area (Å²) in [5.74, 6) is 1.18. The number of aromatic nitrogens is 1. The van der Waals surface area contributed by atoms with Crippen molar-refractivity contribution in [1.82, 2.24) is 4.98 Å². The summed E-state index contributed by atoms with van der Waals surface area (Å²) in [6.07, 6.45) is 2.10. The molecule has 1 heterocycles. The second kappa shape index (κ2) is 5.91. The number of hydrogen-bond acceptors (Lipinski definition) is 2. The van der Waals surface area contributed by atoms with Gasteiger partial charge in [-0.25, -0.2) is 4.98 Å². The van der Waals surface area contributed by atoms with E-state index < -0.39 is 0 Å². The summed E-state index contributed by atoms with van der Waals surface area (Å²) in [5, 5.41) is 0.879. The number of ether oxygens (including phenoxy) is 1. The fraction of sp³-hybridized carbons (Fsp3) is 0.417. The smallest absolute Gasteiger partial charge is 0.213 e. The predicted molar refractivity (Wildman–Crippen MR) is 67.4 cm³/mol. The van der Waals surface area contributed by atoms with Crippen LogP contribution in [0.1, 0.15) is 19.5 Å². The third-order valence-electron chi connectivity index (χ3n) is 2.18. The molecule has 0 aromatic carbocycles. The molecule has 0 atom stereocenters. The Labute approximate surface area is 99.5 Å². The number of halogens is 1. The summed E-state index contributed by atoms with van der Waals surface area (Å²) in [4.78, 5) is 4.34. The molecule has 1 aromatic heterocycles. The molecule has 0 aliphatic carbocycles. The fourth-order valence-corrected chi connectivity index (χ4v) is 1.98. The highest BCUT2D eigenvalue weighted by Crippen LogP contribution is 2.17. The standard InChI is InChI=1S/C12H16BrNO/c1-9(2)10(8-13)7-11-5-4-6-12(14-11)15-3/h4-7,9H,8H2,1-3H3/b10-7-. The Morgan fingerprint density at radius 2 is 2.27 bits per heavy atom. The van der Waals surface area contributed by atoms with Crippen molar-refractivity contribution in [3.05, 3.63) is 29.5 Å². The molecule has 0 fully saturated rings. The summed E-state index contributed by atoms with van der Waals surface area (Å²) in [6.45, 7) is 4.35. The maximum atomic E-state index is 5.08. The molecule has 0 spiro atoms. The van der Waals surface area contributed by atoms with Gasteiger partial charge in [0.15, 0.2) is 0 Å². The van der Waals surface area contributed by atoms with Gasteiger partial charge < -0.3 is 4.74 Å². The Morgan fingerprint density at radius 1 is 1.53 bits per heavy atom. The summed E-state index contributed by atoms with van der Waals surface area (Å²) >= 11 is 3.48. The molecule has 1 rings (SSSR count). The molecular formula is C12H16BrNO. The maximum Gasteiger partial charge on any atom is 0.213 e. The van der Waals surface area contributed by atoms with E-state index in [4.69, 9.17) is 4.74 Å². The average Bonchev–Trinajstić information content (AvgIpc) is 2.25. The van der Waals surface area contributed by atoms with Gasteiger partial charge >= 0.3 is 0 Å². The molecule has 0 saturated carbocycles. The number of alkyl halides is 1. The zero-order valence-corrected chi connectivity index (χ0v) is 10.9. The Kier molecular flexibility index (Phi) is 4.82. The van der Waals surface area contributed by atoms with Gasteiger partial charge in [0.25, 0.3) is 0 Å². The van der Waals surface area contributed by atoms with Crippen LogP contribution in [0.2, 0.25) is 0 Å². The van der Waals surface area contributed by atoms with Crippen LogP contribution in [-0.2, 0) is 0 Å². The van der Waals surface area contributed by atoms with Crippen LogP contribution in [0.4, 0.5) is 0 Å². The third-order valence-corrected chi connectivity index (χ3v) is 2.83. The fourth-order valence-electron chi connectivity index (χ4n) is 1.17. The molecule has 0 unspecified atom stereocenters. The topological polar surface area (TPSA) is 22.1 Å². The average molecular weight is 270 g/mol. The first-order valence-corrected chi connectivity index (χ1v) is 6.07. The molecule has 0 aliphatic rings. The highest BCUT2D eigenvalue weighted by Gasteiger charge is 2.02. The first-order chi connectivity index (χ1) is 7.17. The van der Waals surface area contributed by atoms with Crippen LogP contribution >= 0.6 is 15.9 Å². The number of methoxy groups -OCH3 is 1. The molecule has 0 aliphatic heterocycles. The van der Waals surface area contributed by atoms with Crippen molar-refractivity contribution in [2.45, 2.75) is 13.8 Å². The SMILES string of the molecule is COc1cccc(/C=C(/CBr)C(C)C)n1.